The van der Waals surface area contributed by atoms with E-state index in [0.717, 1.165) is 22.3 Å². The summed E-state index contributed by atoms with van der Waals surface area (Å²) in [5.41, 5.74) is -1.41. The quantitative estimate of drug-likeness (QED) is 0.752. The van der Waals surface area contributed by atoms with Crippen LogP contribution < -0.4 is 11.2 Å². The molecule has 0 aliphatic heterocycles. The highest BCUT2D eigenvalue weighted by molar-refractivity contribution is 7.08. The molecule has 0 atom stereocenters. The number of aromatic nitrogens is 4. The van der Waals surface area contributed by atoms with Crippen molar-refractivity contribution in [3.8, 4) is 5.13 Å². The zero-order valence-electron chi connectivity index (χ0n) is 9.05. The van der Waals surface area contributed by atoms with Gasteiger partial charge in [-0.2, -0.15) is 4.37 Å². The highest BCUT2D eigenvalue weighted by Crippen LogP contribution is 2.05. The molecule has 0 spiro atoms. The number of hydrogen-bond donors (Lipinski definition) is 1. The first-order valence-corrected chi connectivity index (χ1v) is 5.44. The average Bonchev–Trinajstić information content (AvgIpc) is 2.64. The van der Waals surface area contributed by atoms with Crippen LogP contribution >= 0.6 is 11.5 Å². The van der Waals surface area contributed by atoms with Gasteiger partial charge in [-0.25, -0.2) is 14.3 Å². The van der Waals surface area contributed by atoms with E-state index >= 15 is 0 Å². The Hall–Kier alpha value is -2.09. The second-order valence-corrected chi connectivity index (χ2v) is 4.06. The molecule has 2 aromatic heterocycles. The Morgan fingerprint density at radius 3 is 2.71 bits per heavy atom. The van der Waals surface area contributed by atoms with Crippen LogP contribution in [-0.2, 0) is 0 Å². The van der Waals surface area contributed by atoms with Gasteiger partial charge in [0.15, 0.2) is 5.78 Å². The maximum absolute atomic E-state index is 11.9. The second-order valence-electron chi connectivity index (χ2n) is 3.33. The van der Waals surface area contributed by atoms with Gasteiger partial charge in [-0.15, -0.1) is 0 Å². The first-order chi connectivity index (χ1) is 8.00. The summed E-state index contributed by atoms with van der Waals surface area (Å²) in [6.07, 6.45) is 1.11. The molecule has 17 heavy (non-hydrogen) atoms. The van der Waals surface area contributed by atoms with Crippen LogP contribution in [-0.4, -0.2) is 24.7 Å². The number of nitrogens with zero attached hydrogens (tertiary/aromatic N) is 3. The summed E-state index contributed by atoms with van der Waals surface area (Å²) in [4.78, 5) is 40.9. The van der Waals surface area contributed by atoms with Crippen LogP contribution in [0.25, 0.3) is 5.13 Å². The van der Waals surface area contributed by atoms with Crippen molar-refractivity contribution in [1.82, 2.24) is 18.9 Å². The van der Waals surface area contributed by atoms with Gasteiger partial charge in [-0.1, -0.05) is 0 Å². The number of hydrogen-bond acceptors (Lipinski definition) is 6. The number of aryl methyl sites for hydroxylation is 1. The van der Waals surface area contributed by atoms with Crippen LogP contribution in [0.4, 0.5) is 0 Å². The third-order valence-electron chi connectivity index (χ3n) is 2.06. The lowest BCUT2D eigenvalue weighted by atomic mass is 10.2. The van der Waals surface area contributed by atoms with Crippen molar-refractivity contribution in [1.29, 1.82) is 0 Å². The number of nitrogens with one attached hydrogen (secondary N) is 1. The molecule has 0 aliphatic rings. The Morgan fingerprint density at radius 2 is 2.18 bits per heavy atom. The maximum Gasteiger partial charge on any atom is 0.334 e. The van der Waals surface area contributed by atoms with Crippen LogP contribution in [0.15, 0.2) is 15.8 Å². The van der Waals surface area contributed by atoms with Gasteiger partial charge in [0.25, 0.3) is 5.56 Å². The van der Waals surface area contributed by atoms with E-state index in [-0.39, 0.29) is 10.7 Å². The van der Waals surface area contributed by atoms with E-state index in [2.05, 4.69) is 14.3 Å². The fraction of sp³-hybridized carbons (Fsp3) is 0.222. The molecule has 2 aromatic rings. The zero-order valence-corrected chi connectivity index (χ0v) is 9.87. The summed E-state index contributed by atoms with van der Waals surface area (Å²) in [5.74, 6) is 0.0470. The lowest BCUT2D eigenvalue weighted by Gasteiger charge is -2.00. The number of ketones is 1. The van der Waals surface area contributed by atoms with Crippen molar-refractivity contribution >= 4 is 17.3 Å². The van der Waals surface area contributed by atoms with Gasteiger partial charge in [0.1, 0.15) is 5.82 Å². The van der Waals surface area contributed by atoms with E-state index in [1.54, 1.807) is 6.92 Å². The first kappa shape index (κ1) is 11.4. The Morgan fingerprint density at radius 1 is 1.47 bits per heavy atom. The topological polar surface area (TPSA) is 97.7 Å². The molecule has 1 N–H and O–H groups in total. The van der Waals surface area contributed by atoms with Gasteiger partial charge >= 0.3 is 5.69 Å². The van der Waals surface area contributed by atoms with Crippen LogP contribution in [0.2, 0.25) is 0 Å². The number of carbonyl (C=O) groups excluding carboxylic acids is 1. The van der Waals surface area contributed by atoms with Gasteiger partial charge in [-0.05, 0) is 13.8 Å². The predicted molar refractivity (Wildman–Crippen MR) is 60.9 cm³/mol. The summed E-state index contributed by atoms with van der Waals surface area (Å²) in [6, 6.07) is 0. The molecule has 0 unspecified atom stereocenters. The summed E-state index contributed by atoms with van der Waals surface area (Å²) in [7, 11) is 0. The molecule has 0 amide bonds. The predicted octanol–water partition coefficient (Wildman–Crippen LogP) is -0.112. The molecule has 0 aliphatic carbocycles. The Bertz CT molecular complexity index is 697. The summed E-state index contributed by atoms with van der Waals surface area (Å²) >= 11 is 0.922. The van der Waals surface area contributed by atoms with Crippen molar-refractivity contribution in [2.24, 2.45) is 0 Å². The Kier molecular flexibility index (Phi) is 2.72. The molecule has 0 bridgehead atoms. The molecule has 0 fully saturated rings. The SMILES string of the molecule is CC(=O)c1c[nH]c(=O)n(-c2nc(C)ns2)c1=O. The number of aromatic amines is 1. The molecule has 7 nitrogen and oxygen atoms in total. The first-order valence-electron chi connectivity index (χ1n) is 4.67. The van der Waals surface area contributed by atoms with Crippen LogP contribution in [0, 0.1) is 6.92 Å². The van der Waals surface area contributed by atoms with Crippen LogP contribution in [0.3, 0.4) is 0 Å². The third kappa shape index (κ3) is 1.94. The van der Waals surface area contributed by atoms with Gasteiger partial charge in [0, 0.05) is 17.7 Å². The largest absolute Gasteiger partial charge is 0.334 e. The van der Waals surface area contributed by atoms with E-state index in [1.807, 2.05) is 0 Å². The molecule has 88 valence electrons. The number of H-pyrrole nitrogens is 1. The summed E-state index contributed by atoms with van der Waals surface area (Å²) < 4.78 is 4.69. The minimum Gasteiger partial charge on any atom is -0.313 e. The van der Waals surface area contributed by atoms with Crippen molar-refractivity contribution in [2.45, 2.75) is 13.8 Å². The summed E-state index contributed by atoms with van der Waals surface area (Å²) in [5, 5.41) is 0.150. The minimum atomic E-state index is -0.683. The average molecular weight is 252 g/mol. The van der Waals surface area contributed by atoms with E-state index in [0.29, 0.717) is 5.82 Å². The Balaban J connectivity index is 2.78. The monoisotopic (exact) mass is 252 g/mol. The second kappa shape index (κ2) is 4.06. The van der Waals surface area contributed by atoms with Gasteiger partial charge in [0.2, 0.25) is 5.13 Å². The van der Waals surface area contributed by atoms with Crippen LogP contribution in [0.1, 0.15) is 23.1 Å². The normalized spacial score (nSPS) is 10.5. The molecule has 0 saturated carbocycles. The summed E-state index contributed by atoms with van der Waals surface area (Å²) in [6.45, 7) is 2.90. The minimum absolute atomic E-state index is 0.0857. The lowest BCUT2D eigenvalue weighted by Crippen LogP contribution is -2.36. The number of rotatable bonds is 2. The fourth-order valence-electron chi connectivity index (χ4n) is 1.28. The highest BCUT2D eigenvalue weighted by atomic mass is 32.1. The van der Waals surface area contributed by atoms with E-state index in [4.69, 9.17) is 0 Å². The zero-order chi connectivity index (χ0) is 12.6. The fourth-order valence-corrected chi connectivity index (χ4v) is 1.95. The molecule has 0 radical (unpaired) electrons. The highest BCUT2D eigenvalue weighted by Gasteiger charge is 2.14. The molecule has 2 heterocycles. The van der Waals surface area contributed by atoms with Gasteiger partial charge in [0.05, 0.1) is 5.56 Å². The van der Waals surface area contributed by atoms with Crippen molar-refractivity contribution in [3.05, 3.63) is 38.4 Å². The number of Topliss-reactive ketones (excluding diaryl/α,β-unsaturated/α-hetero) is 1. The molecular formula is C9H8N4O3S. The van der Waals surface area contributed by atoms with E-state index < -0.39 is 17.0 Å². The van der Waals surface area contributed by atoms with Gasteiger partial charge < -0.3 is 4.98 Å². The van der Waals surface area contributed by atoms with Crippen molar-refractivity contribution < 1.29 is 4.79 Å². The third-order valence-corrected chi connectivity index (χ3v) is 2.86. The van der Waals surface area contributed by atoms with Crippen molar-refractivity contribution in [3.63, 3.8) is 0 Å². The molecule has 8 heteroatoms. The molecule has 0 saturated heterocycles. The standard InChI is InChI=1S/C9H8N4O3S/c1-4(14)6-3-10-8(16)13(7(6)15)9-11-5(2)12-17-9/h3H,1-2H3,(H,10,16). The molecule has 2 rings (SSSR count). The smallest absolute Gasteiger partial charge is 0.313 e. The lowest BCUT2D eigenvalue weighted by molar-refractivity contribution is 0.101. The van der Waals surface area contributed by atoms with E-state index in [1.165, 1.54) is 6.92 Å². The van der Waals surface area contributed by atoms with E-state index in [9.17, 15) is 14.4 Å². The maximum atomic E-state index is 11.9. The molecule has 0 aromatic carbocycles. The Labute approximate surface area is 98.9 Å². The number of carbonyl (C=O) groups is 1. The van der Waals surface area contributed by atoms with Gasteiger partial charge in [-0.3, -0.25) is 9.59 Å². The molecular weight excluding hydrogens is 244 g/mol. The van der Waals surface area contributed by atoms with Crippen molar-refractivity contribution in [2.75, 3.05) is 0 Å². The van der Waals surface area contributed by atoms with Crippen LogP contribution in [0.5, 0.6) is 0 Å².